The second-order valence-electron chi connectivity index (χ2n) is 0.954. The summed E-state index contributed by atoms with van der Waals surface area (Å²) in [6.45, 7) is 5.46. The molecule has 0 aromatic carbocycles. The standard InChI is InChI=1S/C6H9.ClH.Ti/c1-3-5-6-4-2;;/h3-6H,1H2,2H3;1H;/q-1;;. The second kappa shape index (κ2) is 15.7. The quantitative estimate of drug-likeness (QED) is 0.318. The number of rotatable bonds is 1. The monoisotopic (exact) mass is 165 g/mol. The molecule has 2 heteroatoms. The zero-order valence-electron chi connectivity index (χ0n) is 4.92. The molecule has 0 unspecified atom stereocenters. The molecule has 0 aliphatic carbocycles. The smallest absolute Gasteiger partial charge is 0 e. The second-order valence-corrected chi connectivity index (χ2v) is 0.954. The van der Waals surface area contributed by atoms with E-state index in [4.69, 9.17) is 0 Å². The third-order valence-corrected chi connectivity index (χ3v) is 0.440. The van der Waals surface area contributed by atoms with Crippen molar-refractivity contribution in [3.8, 4) is 0 Å². The number of hydrogen-bond donors (Lipinski definition) is 0. The van der Waals surface area contributed by atoms with Crippen LogP contribution in [0.15, 0.2) is 24.3 Å². The average molecular weight is 165 g/mol. The predicted octanol–water partition coefficient (Wildman–Crippen LogP) is 2.37. The van der Waals surface area contributed by atoms with Crippen molar-refractivity contribution in [3.05, 3.63) is 31.2 Å². The predicted molar refractivity (Wildman–Crippen MR) is 36.6 cm³/mol. The minimum Gasteiger partial charge on any atom is -0.245 e. The van der Waals surface area contributed by atoms with Crippen LogP contribution in [-0.4, -0.2) is 0 Å². The molecular formula is C6H10ClTi-. The van der Waals surface area contributed by atoms with Gasteiger partial charge in [-0.05, 0) is 6.92 Å². The Morgan fingerprint density at radius 3 is 1.88 bits per heavy atom. The van der Waals surface area contributed by atoms with Gasteiger partial charge in [-0.3, -0.25) is 0 Å². The van der Waals surface area contributed by atoms with Gasteiger partial charge in [0.25, 0.3) is 0 Å². The van der Waals surface area contributed by atoms with Crippen LogP contribution in [0.3, 0.4) is 0 Å². The van der Waals surface area contributed by atoms with Gasteiger partial charge in [0.2, 0.25) is 0 Å². The van der Waals surface area contributed by atoms with Gasteiger partial charge in [0, 0.05) is 21.7 Å². The van der Waals surface area contributed by atoms with E-state index in [1.165, 1.54) is 0 Å². The molecule has 0 aromatic heterocycles. The fraction of sp³-hybridized carbons (Fsp3) is 0.167. The molecule has 0 bridgehead atoms. The maximum absolute atomic E-state index is 3.49. The first kappa shape index (κ1) is 15.8. The summed E-state index contributed by atoms with van der Waals surface area (Å²) in [6, 6.07) is 0. The van der Waals surface area contributed by atoms with Gasteiger partial charge in [-0.15, -0.1) is 24.6 Å². The molecule has 0 saturated carbocycles. The summed E-state index contributed by atoms with van der Waals surface area (Å²) < 4.78 is 0. The molecule has 0 nitrogen and oxygen atoms in total. The molecule has 0 spiro atoms. The maximum atomic E-state index is 3.49. The number of halogens is 1. The van der Waals surface area contributed by atoms with Gasteiger partial charge < -0.3 is 0 Å². The first-order chi connectivity index (χ1) is 2.91. The average Bonchev–Trinajstić information content (AvgIpc) is 1.61. The van der Waals surface area contributed by atoms with Gasteiger partial charge in [-0.25, -0.2) is 19.1 Å². The van der Waals surface area contributed by atoms with Crippen LogP contribution in [0.2, 0.25) is 0 Å². The van der Waals surface area contributed by atoms with E-state index in [9.17, 15) is 0 Å². The van der Waals surface area contributed by atoms with Crippen LogP contribution in [0.5, 0.6) is 0 Å². The molecule has 0 saturated heterocycles. The summed E-state index contributed by atoms with van der Waals surface area (Å²) in [4.78, 5) is 0. The fourth-order valence-electron chi connectivity index (χ4n) is 0.190. The van der Waals surface area contributed by atoms with Crippen molar-refractivity contribution in [1.82, 2.24) is 0 Å². The van der Waals surface area contributed by atoms with Crippen LogP contribution < -0.4 is 0 Å². The van der Waals surface area contributed by atoms with Crippen LogP contribution in [0.4, 0.5) is 0 Å². The molecule has 8 heavy (non-hydrogen) atoms. The Labute approximate surface area is 72.3 Å². The van der Waals surface area contributed by atoms with Crippen LogP contribution in [0.1, 0.15) is 6.92 Å². The van der Waals surface area contributed by atoms with E-state index >= 15 is 0 Å². The van der Waals surface area contributed by atoms with E-state index in [2.05, 4.69) is 6.92 Å². The Morgan fingerprint density at radius 1 is 1.25 bits per heavy atom. The van der Waals surface area contributed by atoms with E-state index < -0.39 is 0 Å². The number of hydrogen-bond acceptors (Lipinski definition) is 0. The molecule has 0 aliphatic rings. The van der Waals surface area contributed by atoms with Crippen molar-refractivity contribution >= 4 is 12.4 Å². The van der Waals surface area contributed by atoms with Crippen molar-refractivity contribution in [2.45, 2.75) is 6.92 Å². The van der Waals surface area contributed by atoms with Crippen LogP contribution in [0.25, 0.3) is 0 Å². The van der Waals surface area contributed by atoms with Crippen molar-refractivity contribution < 1.29 is 21.7 Å². The van der Waals surface area contributed by atoms with Gasteiger partial charge >= 0.3 is 0 Å². The summed E-state index contributed by atoms with van der Waals surface area (Å²) in [5.74, 6) is 0. The van der Waals surface area contributed by atoms with Gasteiger partial charge in [0.15, 0.2) is 0 Å². The Balaban J connectivity index is -0.000000125. The van der Waals surface area contributed by atoms with Crippen molar-refractivity contribution in [2.75, 3.05) is 0 Å². The summed E-state index contributed by atoms with van der Waals surface area (Å²) >= 11 is 0. The van der Waals surface area contributed by atoms with Crippen molar-refractivity contribution in [3.63, 3.8) is 0 Å². The molecule has 0 aromatic rings. The summed E-state index contributed by atoms with van der Waals surface area (Å²) in [6.07, 6.45) is 7.54. The third-order valence-electron chi connectivity index (χ3n) is 0.440. The molecule has 0 radical (unpaired) electrons. The SMILES string of the molecule is Cl.[CH2-]C=CC=CC.[Ti]. The molecule has 0 aliphatic heterocycles. The number of allylic oxidation sites excluding steroid dienone is 4. The molecule has 0 heterocycles. The van der Waals surface area contributed by atoms with E-state index in [0.717, 1.165) is 0 Å². The van der Waals surface area contributed by atoms with Gasteiger partial charge in [0.05, 0.1) is 0 Å². The molecule has 0 amide bonds. The minimum absolute atomic E-state index is 0. The Hall–Kier alpha value is 0.354. The Kier molecular flexibility index (Phi) is 30.9. The molecule has 0 rings (SSSR count). The van der Waals surface area contributed by atoms with Crippen LogP contribution >= 0.6 is 12.4 Å². The summed E-state index contributed by atoms with van der Waals surface area (Å²) in [7, 11) is 0. The normalized spacial score (nSPS) is 8.62. The van der Waals surface area contributed by atoms with Crippen LogP contribution in [0, 0.1) is 6.92 Å². The third kappa shape index (κ3) is 16.2. The molecule has 0 fully saturated rings. The topological polar surface area (TPSA) is 0 Å². The largest absolute Gasteiger partial charge is 0.245 e. The Bertz CT molecular complexity index is 56.9. The molecule has 46 valence electrons. The summed E-state index contributed by atoms with van der Waals surface area (Å²) in [5.41, 5.74) is 0. The Morgan fingerprint density at radius 2 is 1.75 bits per heavy atom. The van der Waals surface area contributed by atoms with E-state index in [0.29, 0.717) is 0 Å². The van der Waals surface area contributed by atoms with Gasteiger partial charge in [-0.2, -0.15) is 0 Å². The molecule has 0 N–H and O–H groups in total. The summed E-state index contributed by atoms with van der Waals surface area (Å²) in [5, 5.41) is 0. The zero-order chi connectivity index (χ0) is 4.83. The first-order valence-corrected chi connectivity index (χ1v) is 1.99. The molecular weight excluding hydrogens is 155 g/mol. The van der Waals surface area contributed by atoms with E-state index in [1.54, 1.807) is 6.08 Å². The van der Waals surface area contributed by atoms with Crippen molar-refractivity contribution in [2.24, 2.45) is 0 Å². The van der Waals surface area contributed by atoms with Crippen LogP contribution in [-0.2, 0) is 21.7 Å². The van der Waals surface area contributed by atoms with Crippen molar-refractivity contribution in [1.29, 1.82) is 0 Å². The maximum Gasteiger partial charge on any atom is 0 e. The van der Waals surface area contributed by atoms with E-state index in [-0.39, 0.29) is 34.1 Å². The zero-order valence-corrected chi connectivity index (χ0v) is 7.30. The van der Waals surface area contributed by atoms with Gasteiger partial charge in [0.1, 0.15) is 0 Å². The first-order valence-electron chi connectivity index (χ1n) is 1.99. The fourth-order valence-corrected chi connectivity index (χ4v) is 0.190. The minimum atomic E-state index is 0. The molecule has 0 atom stereocenters. The van der Waals surface area contributed by atoms with Gasteiger partial charge in [-0.1, -0.05) is 0 Å². The van der Waals surface area contributed by atoms with E-state index in [1.807, 2.05) is 25.2 Å².